The fourth-order valence-corrected chi connectivity index (χ4v) is 0.926. The van der Waals surface area contributed by atoms with Gasteiger partial charge in [-0.2, -0.15) is 0 Å². The van der Waals surface area contributed by atoms with E-state index in [0.29, 0.717) is 5.78 Å². The topological polar surface area (TPSA) is 17.1 Å². The molecular weight excluding hydrogens is 160 g/mol. The molecule has 0 aliphatic rings. The largest absolute Gasteiger partial charge is 0.300 e. The minimum absolute atomic E-state index is 0.307. The third kappa shape index (κ3) is 24.5. The maximum absolute atomic E-state index is 10.2. The fraction of sp³-hybridized carbons (Fsp3) is 0.917. The highest BCUT2D eigenvalue weighted by molar-refractivity contribution is 5.75. The number of carbonyl (C=O) groups excluding carboxylic acids is 1. The molecule has 0 aromatic heterocycles. The number of carbonyl (C=O) groups is 1. The van der Waals surface area contributed by atoms with Gasteiger partial charge in [0, 0.05) is 6.42 Å². The Morgan fingerprint density at radius 1 is 0.846 bits per heavy atom. The molecule has 0 atom stereocenters. The Morgan fingerprint density at radius 2 is 1.23 bits per heavy atom. The number of rotatable bonds is 6. The Morgan fingerprint density at radius 3 is 1.38 bits per heavy atom. The molecular formula is C12H26O. The SMILES string of the molecule is CCCCC(C)=O.CCCCCC. The zero-order valence-electron chi connectivity index (χ0n) is 9.86. The van der Waals surface area contributed by atoms with Crippen LogP contribution < -0.4 is 0 Å². The lowest BCUT2D eigenvalue weighted by Crippen LogP contribution is -1.86. The van der Waals surface area contributed by atoms with Crippen LogP contribution in [0.1, 0.15) is 72.6 Å². The second-order valence-corrected chi connectivity index (χ2v) is 3.51. The van der Waals surface area contributed by atoms with Gasteiger partial charge >= 0.3 is 0 Å². The summed E-state index contributed by atoms with van der Waals surface area (Å²) in [6, 6.07) is 0. The van der Waals surface area contributed by atoms with Crippen LogP contribution in [0.3, 0.4) is 0 Å². The summed E-state index contributed by atoms with van der Waals surface area (Å²) >= 11 is 0. The minimum Gasteiger partial charge on any atom is -0.300 e. The van der Waals surface area contributed by atoms with E-state index in [1.807, 2.05) is 0 Å². The average Bonchev–Trinajstić information content (AvgIpc) is 2.12. The lowest BCUT2D eigenvalue weighted by Gasteiger charge is -1.86. The van der Waals surface area contributed by atoms with E-state index >= 15 is 0 Å². The molecule has 1 heteroatoms. The van der Waals surface area contributed by atoms with Crippen molar-refractivity contribution in [3.05, 3.63) is 0 Å². The van der Waals surface area contributed by atoms with Crippen LogP contribution in [0.4, 0.5) is 0 Å². The van der Waals surface area contributed by atoms with Gasteiger partial charge in [0.15, 0.2) is 0 Å². The van der Waals surface area contributed by atoms with Crippen LogP contribution in [0.5, 0.6) is 0 Å². The van der Waals surface area contributed by atoms with Crippen molar-refractivity contribution in [3.63, 3.8) is 0 Å². The highest BCUT2D eigenvalue weighted by Crippen LogP contribution is 1.95. The first-order valence-electron chi connectivity index (χ1n) is 5.68. The van der Waals surface area contributed by atoms with Gasteiger partial charge in [-0.15, -0.1) is 0 Å². The summed E-state index contributed by atoms with van der Waals surface area (Å²) in [5, 5.41) is 0. The zero-order chi connectivity index (χ0) is 10.5. The molecule has 0 rings (SSSR count). The lowest BCUT2D eigenvalue weighted by molar-refractivity contribution is -0.117. The molecule has 0 aliphatic heterocycles. The quantitative estimate of drug-likeness (QED) is 0.563. The van der Waals surface area contributed by atoms with Crippen LogP contribution in [0, 0.1) is 0 Å². The molecule has 0 spiro atoms. The zero-order valence-corrected chi connectivity index (χ0v) is 9.86. The summed E-state index contributed by atoms with van der Waals surface area (Å²) in [4.78, 5) is 10.2. The van der Waals surface area contributed by atoms with E-state index in [1.165, 1.54) is 25.7 Å². The molecule has 0 N–H and O–H groups in total. The van der Waals surface area contributed by atoms with Gasteiger partial charge in [-0.05, 0) is 13.3 Å². The third-order valence-corrected chi connectivity index (χ3v) is 1.84. The predicted molar refractivity (Wildman–Crippen MR) is 60.0 cm³/mol. The molecule has 13 heavy (non-hydrogen) atoms. The maximum atomic E-state index is 10.2. The van der Waals surface area contributed by atoms with Crippen molar-refractivity contribution in [3.8, 4) is 0 Å². The summed E-state index contributed by atoms with van der Waals surface area (Å²) in [7, 11) is 0. The number of hydrogen-bond donors (Lipinski definition) is 0. The molecule has 0 aromatic carbocycles. The Kier molecular flexibility index (Phi) is 16.6. The lowest BCUT2D eigenvalue weighted by atomic mass is 10.2. The first-order valence-corrected chi connectivity index (χ1v) is 5.68. The summed E-state index contributed by atoms with van der Waals surface area (Å²) in [6.45, 7) is 8.18. The molecule has 0 aromatic rings. The Hall–Kier alpha value is -0.330. The predicted octanol–water partition coefficient (Wildman–Crippen LogP) is 4.35. The summed E-state index contributed by atoms with van der Waals surface area (Å²) in [5.74, 6) is 0.307. The Bertz CT molecular complexity index is 93.3. The van der Waals surface area contributed by atoms with Crippen molar-refractivity contribution in [1.82, 2.24) is 0 Å². The average molecular weight is 186 g/mol. The molecule has 80 valence electrons. The molecule has 0 aliphatic carbocycles. The van der Waals surface area contributed by atoms with Gasteiger partial charge < -0.3 is 4.79 Å². The van der Waals surface area contributed by atoms with Crippen LogP contribution in [-0.2, 0) is 4.79 Å². The van der Waals surface area contributed by atoms with Crippen molar-refractivity contribution in [2.75, 3.05) is 0 Å². The molecule has 1 nitrogen and oxygen atoms in total. The second-order valence-electron chi connectivity index (χ2n) is 3.51. The smallest absolute Gasteiger partial charge is 0.129 e. The first-order chi connectivity index (χ1) is 6.18. The van der Waals surface area contributed by atoms with Gasteiger partial charge in [0.25, 0.3) is 0 Å². The molecule has 0 radical (unpaired) electrons. The van der Waals surface area contributed by atoms with E-state index in [1.54, 1.807) is 6.92 Å². The van der Waals surface area contributed by atoms with E-state index in [-0.39, 0.29) is 0 Å². The summed E-state index contributed by atoms with van der Waals surface area (Å²) in [5.41, 5.74) is 0. The fourth-order valence-electron chi connectivity index (χ4n) is 0.926. The number of hydrogen-bond acceptors (Lipinski definition) is 1. The first kappa shape index (κ1) is 15.2. The van der Waals surface area contributed by atoms with Crippen LogP contribution in [0.15, 0.2) is 0 Å². The molecule has 0 heterocycles. The Labute approximate surface area is 83.9 Å². The van der Waals surface area contributed by atoms with Gasteiger partial charge in [-0.1, -0.05) is 52.9 Å². The molecule has 0 saturated heterocycles. The minimum atomic E-state index is 0.307. The van der Waals surface area contributed by atoms with Crippen molar-refractivity contribution in [2.24, 2.45) is 0 Å². The van der Waals surface area contributed by atoms with Crippen LogP contribution in [-0.4, -0.2) is 5.78 Å². The summed E-state index contributed by atoms with van der Waals surface area (Å²) in [6.07, 6.45) is 8.47. The molecule has 0 bridgehead atoms. The molecule has 0 unspecified atom stereocenters. The summed E-state index contributed by atoms with van der Waals surface area (Å²) < 4.78 is 0. The highest BCUT2D eigenvalue weighted by Gasteiger charge is 1.87. The normalized spacial score (nSPS) is 8.92. The number of ketones is 1. The van der Waals surface area contributed by atoms with E-state index < -0.39 is 0 Å². The van der Waals surface area contributed by atoms with Crippen molar-refractivity contribution >= 4 is 5.78 Å². The molecule has 0 fully saturated rings. The molecule has 0 saturated carbocycles. The van der Waals surface area contributed by atoms with Crippen LogP contribution in [0.25, 0.3) is 0 Å². The molecule has 0 amide bonds. The van der Waals surface area contributed by atoms with Gasteiger partial charge in [0.05, 0.1) is 0 Å². The highest BCUT2D eigenvalue weighted by atomic mass is 16.1. The van der Waals surface area contributed by atoms with Crippen molar-refractivity contribution in [1.29, 1.82) is 0 Å². The van der Waals surface area contributed by atoms with Crippen molar-refractivity contribution < 1.29 is 4.79 Å². The van der Waals surface area contributed by atoms with Crippen LogP contribution in [0.2, 0.25) is 0 Å². The van der Waals surface area contributed by atoms with Gasteiger partial charge in [0.1, 0.15) is 5.78 Å². The maximum Gasteiger partial charge on any atom is 0.129 e. The van der Waals surface area contributed by atoms with Gasteiger partial charge in [0.2, 0.25) is 0 Å². The number of Topliss-reactive ketones (excluding diaryl/α,β-unsaturated/α-hetero) is 1. The van der Waals surface area contributed by atoms with E-state index in [4.69, 9.17) is 0 Å². The number of unbranched alkanes of at least 4 members (excludes halogenated alkanes) is 4. The van der Waals surface area contributed by atoms with Crippen LogP contribution >= 0.6 is 0 Å². The monoisotopic (exact) mass is 186 g/mol. The second kappa shape index (κ2) is 14.2. The standard InChI is InChI=1S/C6H12O.C6H14/c1-3-4-5-6(2)7;1-3-5-6-4-2/h3-5H2,1-2H3;3-6H2,1-2H3. The van der Waals surface area contributed by atoms with Gasteiger partial charge in [-0.25, -0.2) is 0 Å². The Balaban J connectivity index is 0. The van der Waals surface area contributed by atoms with E-state index in [0.717, 1.165) is 19.3 Å². The third-order valence-electron chi connectivity index (χ3n) is 1.84. The van der Waals surface area contributed by atoms with Crippen molar-refractivity contribution in [2.45, 2.75) is 72.6 Å². The van der Waals surface area contributed by atoms with E-state index in [9.17, 15) is 4.79 Å². The van der Waals surface area contributed by atoms with Gasteiger partial charge in [-0.3, -0.25) is 0 Å². The van der Waals surface area contributed by atoms with E-state index in [2.05, 4.69) is 20.8 Å².